The highest BCUT2D eigenvalue weighted by Crippen LogP contribution is 2.23. The number of ketones is 1. The summed E-state index contributed by atoms with van der Waals surface area (Å²) >= 11 is 1.76. The van der Waals surface area contributed by atoms with Crippen LogP contribution in [-0.4, -0.2) is 25.8 Å². The smallest absolute Gasteiger partial charge is 0.185 e. The summed E-state index contributed by atoms with van der Waals surface area (Å²) in [5.41, 5.74) is 1.53. The van der Waals surface area contributed by atoms with Gasteiger partial charge in [0.25, 0.3) is 0 Å². The van der Waals surface area contributed by atoms with Crippen molar-refractivity contribution in [2.45, 2.75) is 11.8 Å². The maximum atomic E-state index is 12.2. The lowest BCUT2D eigenvalue weighted by atomic mass is 10.1. The Morgan fingerprint density at radius 1 is 1.04 bits per heavy atom. The predicted molar refractivity (Wildman–Crippen MR) is 95.8 cm³/mol. The number of allylic oxidation sites excluding steroid dienone is 1. The van der Waals surface area contributed by atoms with Crippen molar-refractivity contribution < 1.29 is 14.3 Å². The summed E-state index contributed by atoms with van der Waals surface area (Å²) in [7, 11) is 3.20. The summed E-state index contributed by atoms with van der Waals surface area (Å²) in [6.07, 6.45) is 3.33. The van der Waals surface area contributed by atoms with Gasteiger partial charge >= 0.3 is 0 Å². The fraction of sp³-hybridized carbons (Fsp3) is 0.211. The molecule has 4 heteroatoms. The average Bonchev–Trinajstić information content (AvgIpc) is 2.60. The zero-order valence-electron chi connectivity index (χ0n) is 13.5. The molecule has 0 atom stereocenters. The first-order valence-electron chi connectivity index (χ1n) is 7.34. The molecule has 0 saturated carbocycles. The molecule has 0 fully saturated rings. The van der Waals surface area contributed by atoms with Crippen LogP contribution in [0.2, 0.25) is 0 Å². The number of carbonyl (C=O) groups excluding carboxylic acids is 1. The SMILES string of the molecule is CCSc1ccc(C(=O)/C=C/c2cc(OC)cc(OC)c2)cc1. The lowest BCUT2D eigenvalue weighted by molar-refractivity contribution is 0.104. The van der Waals surface area contributed by atoms with Crippen molar-refractivity contribution in [1.29, 1.82) is 0 Å². The van der Waals surface area contributed by atoms with Gasteiger partial charge in [-0.15, -0.1) is 11.8 Å². The van der Waals surface area contributed by atoms with Crippen LogP contribution in [0, 0.1) is 0 Å². The largest absolute Gasteiger partial charge is 0.497 e. The minimum atomic E-state index is -0.0279. The van der Waals surface area contributed by atoms with E-state index in [4.69, 9.17) is 9.47 Å². The van der Waals surface area contributed by atoms with Crippen molar-refractivity contribution in [2.24, 2.45) is 0 Å². The van der Waals surface area contributed by atoms with Crippen molar-refractivity contribution in [1.82, 2.24) is 0 Å². The van der Waals surface area contributed by atoms with Gasteiger partial charge in [0.1, 0.15) is 11.5 Å². The van der Waals surface area contributed by atoms with Crippen molar-refractivity contribution in [3.63, 3.8) is 0 Å². The van der Waals surface area contributed by atoms with Crippen LogP contribution < -0.4 is 9.47 Å². The number of carbonyl (C=O) groups is 1. The molecule has 2 aromatic carbocycles. The molecule has 0 spiro atoms. The second-order valence-electron chi connectivity index (χ2n) is 4.80. The van der Waals surface area contributed by atoms with E-state index in [9.17, 15) is 4.79 Å². The zero-order chi connectivity index (χ0) is 16.7. The average molecular weight is 328 g/mol. The monoisotopic (exact) mass is 328 g/mol. The molecule has 0 aromatic heterocycles. The van der Waals surface area contributed by atoms with Crippen LogP contribution in [0.5, 0.6) is 11.5 Å². The minimum Gasteiger partial charge on any atom is -0.497 e. The number of methoxy groups -OCH3 is 2. The van der Waals surface area contributed by atoms with Gasteiger partial charge in [-0.3, -0.25) is 4.79 Å². The van der Waals surface area contributed by atoms with E-state index in [0.717, 1.165) is 11.3 Å². The first kappa shape index (κ1) is 17.2. The Morgan fingerprint density at radius 3 is 2.17 bits per heavy atom. The molecular weight excluding hydrogens is 308 g/mol. The first-order chi connectivity index (χ1) is 11.2. The third kappa shape index (κ3) is 4.89. The number of rotatable bonds is 7. The summed E-state index contributed by atoms with van der Waals surface area (Å²) in [6.45, 7) is 2.11. The highest BCUT2D eigenvalue weighted by molar-refractivity contribution is 7.99. The van der Waals surface area contributed by atoms with E-state index < -0.39 is 0 Å². The van der Waals surface area contributed by atoms with Gasteiger partial charge in [0.05, 0.1) is 14.2 Å². The molecular formula is C19H20O3S. The van der Waals surface area contributed by atoms with Gasteiger partial charge in [0, 0.05) is 16.5 Å². The van der Waals surface area contributed by atoms with Crippen molar-refractivity contribution in [3.05, 3.63) is 59.7 Å². The highest BCUT2D eigenvalue weighted by Gasteiger charge is 2.03. The lowest BCUT2D eigenvalue weighted by Crippen LogP contribution is -1.94. The molecule has 120 valence electrons. The molecule has 3 nitrogen and oxygen atoms in total. The summed E-state index contributed by atoms with van der Waals surface area (Å²) < 4.78 is 10.4. The summed E-state index contributed by atoms with van der Waals surface area (Å²) in [6, 6.07) is 13.2. The van der Waals surface area contributed by atoms with Gasteiger partial charge in [0.2, 0.25) is 0 Å². The number of hydrogen-bond donors (Lipinski definition) is 0. The number of thioether (sulfide) groups is 1. The molecule has 0 unspecified atom stereocenters. The van der Waals surface area contributed by atoms with Crippen LogP contribution in [0.1, 0.15) is 22.8 Å². The minimum absolute atomic E-state index is 0.0279. The maximum absolute atomic E-state index is 12.2. The van der Waals surface area contributed by atoms with Crippen LogP contribution in [0.3, 0.4) is 0 Å². The molecule has 0 radical (unpaired) electrons. The summed E-state index contributed by atoms with van der Waals surface area (Å²) in [4.78, 5) is 13.4. The molecule has 2 aromatic rings. The normalized spacial score (nSPS) is 10.7. The first-order valence-corrected chi connectivity index (χ1v) is 8.33. The van der Waals surface area contributed by atoms with Crippen molar-refractivity contribution in [2.75, 3.05) is 20.0 Å². The Morgan fingerprint density at radius 2 is 1.65 bits per heavy atom. The van der Waals surface area contributed by atoms with Crippen LogP contribution in [0.15, 0.2) is 53.4 Å². The van der Waals surface area contributed by atoms with Crippen LogP contribution >= 0.6 is 11.8 Å². The third-order valence-electron chi connectivity index (χ3n) is 3.25. The van der Waals surface area contributed by atoms with E-state index in [1.165, 1.54) is 4.90 Å². The third-order valence-corrected chi connectivity index (χ3v) is 4.14. The molecule has 0 aliphatic carbocycles. The number of hydrogen-bond acceptors (Lipinski definition) is 4. The standard InChI is InChI=1S/C19H20O3S/c1-4-23-18-8-6-15(7-9-18)19(20)10-5-14-11-16(21-2)13-17(12-14)22-3/h5-13H,4H2,1-3H3/b10-5+. The Hall–Kier alpha value is -2.20. The number of ether oxygens (including phenoxy) is 2. The summed E-state index contributed by atoms with van der Waals surface area (Å²) in [5.74, 6) is 2.37. The molecule has 0 bridgehead atoms. The summed E-state index contributed by atoms with van der Waals surface area (Å²) in [5, 5.41) is 0. The van der Waals surface area contributed by atoms with E-state index >= 15 is 0 Å². The van der Waals surface area contributed by atoms with Crippen LogP contribution in [0.4, 0.5) is 0 Å². The molecule has 0 N–H and O–H groups in total. The molecule has 0 saturated heterocycles. The highest BCUT2D eigenvalue weighted by atomic mass is 32.2. The molecule has 2 rings (SSSR count). The Bertz CT molecular complexity index is 668. The second kappa shape index (κ2) is 8.44. The Kier molecular flexibility index (Phi) is 6.29. The second-order valence-corrected chi connectivity index (χ2v) is 6.14. The Balaban J connectivity index is 2.14. The number of benzene rings is 2. The predicted octanol–water partition coefficient (Wildman–Crippen LogP) is 4.71. The van der Waals surface area contributed by atoms with Gasteiger partial charge in [-0.1, -0.05) is 13.0 Å². The fourth-order valence-electron chi connectivity index (χ4n) is 2.08. The molecule has 23 heavy (non-hydrogen) atoms. The van der Waals surface area contributed by atoms with Gasteiger partial charge in [-0.05, 0) is 53.8 Å². The quantitative estimate of drug-likeness (QED) is 0.419. The lowest BCUT2D eigenvalue weighted by Gasteiger charge is -2.05. The molecule has 0 heterocycles. The molecule has 0 aliphatic heterocycles. The van der Waals surface area contributed by atoms with Crippen molar-refractivity contribution in [3.8, 4) is 11.5 Å². The molecule has 0 amide bonds. The molecule has 0 aliphatic rings. The van der Waals surface area contributed by atoms with Crippen LogP contribution in [0.25, 0.3) is 6.08 Å². The van der Waals surface area contributed by atoms with E-state index in [1.807, 2.05) is 36.4 Å². The van der Waals surface area contributed by atoms with Gasteiger partial charge in [0.15, 0.2) is 5.78 Å². The van der Waals surface area contributed by atoms with Gasteiger partial charge in [-0.25, -0.2) is 0 Å². The van der Waals surface area contributed by atoms with Crippen molar-refractivity contribution >= 4 is 23.6 Å². The van der Waals surface area contributed by atoms with E-state index in [0.29, 0.717) is 17.1 Å². The van der Waals surface area contributed by atoms with Gasteiger partial charge in [-0.2, -0.15) is 0 Å². The topological polar surface area (TPSA) is 35.5 Å². The van der Waals surface area contributed by atoms with E-state index in [2.05, 4.69) is 6.92 Å². The fourth-order valence-corrected chi connectivity index (χ4v) is 2.74. The van der Waals surface area contributed by atoms with E-state index in [1.54, 1.807) is 44.2 Å². The van der Waals surface area contributed by atoms with Crippen LogP contribution in [-0.2, 0) is 0 Å². The van der Waals surface area contributed by atoms with E-state index in [-0.39, 0.29) is 5.78 Å². The Labute approximate surface area is 141 Å². The zero-order valence-corrected chi connectivity index (χ0v) is 14.4. The maximum Gasteiger partial charge on any atom is 0.185 e. The van der Waals surface area contributed by atoms with Gasteiger partial charge < -0.3 is 9.47 Å².